The maximum Gasteiger partial charge on any atom is 0.0520 e. The molecule has 1 rings (SSSR count). The first-order chi connectivity index (χ1) is 6.08. The van der Waals surface area contributed by atoms with Gasteiger partial charge >= 0.3 is 0 Å². The van der Waals surface area contributed by atoms with Gasteiger partial charge in [-0.2, -0.15) is 0 Å². The average Bonchev–Trinajstić information content (AvgIpc) is 2.48. The van der Waals surface area contributed by atoms with Crippen LogP contribution < -0.4 is 0 Å². The number of thiophene rings is 1. The molecule has 0 aromatic carbocycles. The molecule has 1 aromatic heterocycles. The molecule has 0 aliphatic heterocycles. The van der Waals surface area contributed by atoms with E-state index < -0.39 is 0 Å². The number of hydrogen-bond acceptors (Lipinski definition) is 2. The number of aryl methyl sites for hydroxylation is 1. The predicted octanol–water partition coefficient (Wildman–Crippen LogP) is 3.55. The van der Waals surface area contributed by atoms with Crippen LogP contribution in [0.4, 0.5) is 0 Å². The molecule has 0 aliphatic rings. The van der Waals surface area contributed by atoms with E-state index >= 15 is 0 Å². The van der Waals surface area contributed by atoms with Crippen molar-refractivity contribution < 1.29 is 0 Å². The molecular formula is C11H17NS. The first kappa shape index (κ1) is 10.5. The number of nitrogens with zero attached hydrogens (tertiary/aromatic N) is 1. The standard InChI is InChI=1S/C11H17NS/c1-11(2,3)12-8-4-6-10-7-5-9-13-10/h5,7-9H,4,6H2,1-3H3. The summed E-state index contributed by atoms with van der Waals surface area (Å²) in [4.78, 5) is 5.88. The third-order valence-electron chi connectivity index (χ3n) is 1.58. The summed E-state index contributed by atoms with van der Waals surface area (Å²) < 4.78 is 0. The Morgan fingerprint density at radius 2 is 2.23 bits per heavy atom. The van der Waals surface area contributed by atoms with Crippen LogP contribution in [0, 0.1) is 0 Å². The smallest absolute Gasteiger partial charge is 0.0520 e. The lowest BCUT2D eigenvalue weighted by atomic mass is 10.1. The first-order valence-corrected chi connectivity index (χ1v) is 5.52. The molecular weight excluding hydrogens is 178 g/mol. The Labute approximate surface area is 84.5 Å². The van der Waals surface area contributed by atoms with Crippen LogP contribution in [0.3, 0.4) is 0 Å². The third-order valence-corrected chi connectivity index (χ3v) is 2.51. The normalized spacial score (nSPS) is 12.5. The highest BCUT2D eigenvalue weighted by Gasteiger charge is 2.03. The van der Waals surface area contributed by atoms with Gasteiger partial charge in [0, 0.05) is 4.88 Å². The second-order valence-electron chi connectivity index (χ2n) is 4.10. The fourth-order valence-corrected chi connectivity index (χ4v) is 1.72. The molecule has 0 fully saturated rings. The van der Waals surface area contributed by atoms with Gasteiger partial charge in [-0.3, -0.25) is 4.99 Å². The average molecular weight is 195 g/mol. The van der Waals surface area contributed by atoms with E-state index in [-0.39, 0.29) is 5.54 Å². The van der Waals surface area contributed by atoms with Gasteiger partial charge in [0.1, 0.15) is 0 Å². The van der Waals surface area contributed by atoms with E-state index in [1.807, 2.05) is 17.6 Å². The van der Waals surface area contributed by atoms with Gasteiger partial charge in [0.15, 0.2) is 0 Å². The fourth-order valence-electron chi connectivity index (χ4n) is 1.00. The zero-order valence-corrected chi connectivity index (χ0v) is 9.40. The highest BCUT2D eigenvalue weighted by Crippen LogP contribution is 2.11. The molecule has 72 valence electrons. The lowest BCUT2D eigenvalue weighted by Crippen LogP contribution is -2.09. The molecule has 0 atom stereocenters. The Kier molecular flexibility index (Phi) is 3.67. The Balaban J connectivity index is 2.25. The van der Waals surface area contributed by atoms with Crippen LogP contribution in [0.25, 0.3) is 0 Å². The largest absolute Gasteiger partial charge is 0.292 e. The molecule has 0 N–H and O–H groups in total. The monoisotopic (exact) mass is 195 g/mol. The minimum absolute atomic E-state index is 0.0788. The van der Waals surface area contributed by atoms with Gasteiger partial charge in [-0.05, 0) is 51.3 Å². The molecule has 0 amide bonds. The lowest BCUT2D eigenvalue weighted by Gasteiger charge is -2.10. The number of rotatable bonds is 3. The van der Waals surface area contributed by atoms with Crippen molar-refractivity contribution in [3.8, 4) is 0 Å². The lowest BCUT2D eigenvalue weighted by molar-refractivity contribution is 0.584. The Bertz CT molecular complexity index is 254. The SMILES string of the molecule is CC(C)(C)N=CCCc1cccs1. The van der Waals surface area contributed by atoms with E-state index in [1.54, 1.807) is 0 Å². The van der Waals surface area contributed by atoms with E-state index in [9.17, 15) is 0 Å². The number of aliphatic imine (C=N–C) groups is 1. The van der Waals surface area contributed by atoms with Gasteiger partial charge in [0.2, 0.25) is 0 Å². The van der Waals surface area contributed by atoms with Crippen LogP contribution in [0.15, 0.2) is 22.5 Å². The van der Waals surface area contributed by atoms with Crippen LogP contribution in [0.2, 0.25) is 0 Å². The van der Waals surface area contributed by atoms with Gasteiger partial charge in [0.25, 0.3) is 0 Å². The van der Waals surface area contributed by atoms with Crippen LogP contribution in [-0.2, 0) is 6.42 Å². The minimum Gasteiger partial charge on any atom is -0.292 e. The van der Waals surface area contributed by atoms with Crippen LogP contribution in [0.1, 0.15) is 32.1 Å². The Hall–Kier alpha value is -0.630. The van der Waals surface area contributed by atoms with E-state index in [0.717, 1.165) is 12.8 Å². The minimum atomic E-state index is 0.0788. The van der Waals surface area contributed by atoms with Gasteiger partial charge in [0.05, 0.1) is 5.54 Å². The van der Waals surface area contributed by atoms with E-state index in [1.165, 1.54) is 4.88 Å². The fraction of sp³-hybridized carbons (Fsp3) is 0.545. The zero-order chi connectivity index (χ0) is 9.73. The maximum atomic E-state index is 4.44. The first-order valence-electron chi connectivity index (χ1n) is 4.64. The van der Waals surface area contributed by atoms with E-state index in [0.29, 0.717) is 0 Å². The quantitative estimate of drug-likeness (QED) is 0.654. The zero-order valence-electron chi connectivity index (χ0n) is 8.58. The van der Waals surface area contributed by atoms with Crippen LogP contribution >= 0.6 is 11.3 Å². The van der Waals surface area contributed by atoms with Gasteiger partial charge < -0.3 is 0 Å². The van der Waals surface area contributed by atoms with Gasteiger partial charge in [-0.1, -0.05) is 6.07 Å². The molecule has 0 bridgehead atoms. The van der Waals surface area contributed by atoms with Crippen molar-refractivity contribution in [2.45, 2.75) is 39.2 Å². The molecule has 0 spiro atoms. The van der Waals surface area contributed by atoms with Gasteiger partial charge in [-0.25, -0.2) is 0 Å². The van der Waals surface area contributed by atoms with Crippen LogP contribution in [-0.4, -0.2) is 11.8 Å². The molecule has 1 heterocycles. The van der Waals surface area contributed by atoms with Crippen molar-refractivity contribution in [3.63, 3.8) is 0 Å². The number of hydrogen-bond donors (Lipinski definition) is 0. The molecule has 0 saturated heterocycles. The summed E-state index contributed by atoms with van der Waals surface area (Å²) in [5.41, 5.74) is 0.0788. The molecule has 1 nitrogen and oxygen atoms in total. The highest BCUT2D eigenvalue weighted by atomic mass is 32.1. The molecule has 0 unspecified atom stereocenters. The second kappa shape index (κ2) is 4.56. The van der Waals surface area contributed by atoms with Crippen molar-refractivity contribution in [1.29, 1.82) is 0 Å². The van der Waals surface area contributed by atoms with Crippen molar-refractivity contribution in [2.24, 2.45) is 4.99 Å². The summed E-state index contributed by atoms with van der Waals surface area (Å²) in [6, 6.07) is 4.27. The van der Waals surface area contributed by atoms with Crippen LogP contribution in [0.5, 0.6) is 0 Å². The molecule has 1 aromatic rings. The second-order valence-corrected chi connectivity index (χ2v) is 5.13. The van der Waals surface area contributed by atoms with E-state index in [4.69, 9.17) is 0 Å². The topological polar surface area (TPSA) is 12.4 Å². The third kappa shape index (κ3) is 4.83. The Morgan fingerprint density at radius 3 is 2.77 bits per heavy atom. The summed E-state index contributed by atoms with van der Waals surface area (Å²) in [6.07, 6.45) is 4.22. The summed E-state index contributed by atoms with van der Waals surface area (Å²) in [5, 5.41) is 2.12. The molecule has 0 radical (unpaired) electrons. The molecule has 2 heteroatoms. The molecule has 0 saturated carbocycles. The van der Waals surface area contributed by atoms with Crippen molar-refractivity contribution in [1.82, 2.24) is 0 Å². The highest BCUT2D eigenvalue weighted by molar-refractivity contribution is 7.09. The van der Waals surface area contributed by atoms with Crippen molar-refractivity contribution >= 4 is 17.6 Å². The van der Waals surface area contributed by atoms with Crippen molar-refractivity contribution in [3.05, 3.63) is 22.4 Å². The predicted molar refractivity (Wildman–Crippen MR) is 60.9 cm³/mol. The summed E-state index contributed by atoms with van der Waals surface area (Å²) in [6.45, 7) is 6.36. The molecule has 13 heavy (non-hydrogen) atoms. The van der Waals surface area contributed by atoms with Gasteiger partial charge in [-0.15, -0.1) is 11.3 Å². The summed E-state index contributed by atoms with van der Waals surface area (Å²) in [5.74, 6) is 0. The summed E-state index contributed by atoms with van der Waals surface area (Å²) >= 11 is 1.82. The summed E-state index contributed by atoms with van der Waals surface area (Å²) in [7, 11) is 0. The Morgan fingerprint density at radius 1 is 1.46 bits per heavy atom. The maximum absolute atomic E-state index is 4.44. The molecule has 0 aliphatic carbocycles. The van der Waals surface area contributed by atoms with Crippen molar-refractivity contribution in [2.75, 3.05) is 0 Å². The van der Waals surface area contributed by atoms with E-state index in [2.05, 4.69) is 43.3 Å².